The fourth-order valence-corrected chi connectivity index (χ4v) is 3.25. The molecule has 1 aromatic heterocycles. The Morgan fingerprint density at radius 1 is 0.600 bits per heavy atom. The van der Waals surface area contributed by atoms with Crippen molar-refractivity contribution < 1.29 is 4.42 Å². The Hall–Kier alpha value is -1.31. The molecule has 0 bridgehead atoms. The summed E-state index contributed by atoms with van der Waals surface area (Å²) < 4.78 is 6.22. The number of hydrogen-bond acceptors (Lipinski definition) is 1. The smallest absolute Gasteiger partial charge is 0.143 e. The molecule has 0 saturated heterocycles. The molecule has 8 heteroatoms. The topological polar surface area (TPSA) is 13.1 Å². The summed E-state index contributed by atoms with van der Waals surface area (Å²) in [6, 6.07) is 2.18. The lowest BCUT2D eigenvalue weighted by molar-refractivity contribution is 0.672. The Bertz CT molecular complexity index is 881. The zero-order valence-corrected chi connectivity index (χ0v) is 13.5. The first-order chi connectivity index (χ1) is 9.34. The van der Waals surface area contributed by atoms with Gasteiger partial charge in [-0.25, -0.2) is 0 Å². The zero-order valence-electron chi connectivity index (χ0n) is 13.5. The normalized spacial score (nSPS) is 11.4. The van der Waals surface area contributed by atoms with Crippen molar-refractivity contribution >= 4 is 115 Å². The van der Waals surface area contributed by atoms with Gasteiger partial charge in [-0.1, -0.05) is 27.3 Å². The maximum Gasteiger partial charge on any atom is 0.143 e. The monoisotopic (exact) mass is 252 g/mol. The molecule has 0 N–H and O–H groups in total. The molecular weight excluding hydrogens is 236 g/mol. The molecule has 2 aromatic carbocycles. The van der Waals surface area contributed by atoms with Crippen molar-refractivity contribution in [3.63, 3.8) is 0 Å². The maximum atomic E-state index is 6.22. The number of fused-ring (bicyclic) bond motifs is 3. The van der Waals surface area contributed by atoms with Gasteiger partial charge in [0.15, 0.2) is 0 Å². The number of rotatable bonds is 0. The van der Waals surface area contributed by atoms with E-state index in [9.17, 15) is 0 Å². The van der Waals surface area contributed by atoms with Crippen molar-refractivity contribution in [3.8, 4) is 0 Å². The Morgan fingerprint density at radius 2 is 1.15 bits per heavy atom. The summed E-state index contributed by atoms with van der Waals surface area (Å²) in [5.74, 6) is 0. The molecule has 0 saturated carbocycles. The molecule has 0 radical (unpaired) electrons. The van der Waals surface area contributed by atoms with Crippen molar-refractivity contribution in [2.45, 2.75) is 0 Å². The van der Waals surface area contributed by atoms with Crippen LogP contribution in [-0.4, -0.2) is 54.9 Å². The predicted molar refractivity (Wildman–Crippen MR) is 111 cm³/mol. The maximum absolute atomic E-state index is 6.22. The molecule has 0 atom stereocenters. The lowest BCUT2D eigenvalue weighted by atomic mass is 9.64. The molecular formula is C12H15B7O. The van der Waals surface area contributed by atoms with Crippen LogP contribution in [0.5, 0.6) is 0 Å². The molecule has 0 unspecified atom stereocenters. The molecule has 90 valence electrons. The van der Waals surface area contributed by atoms with E-state index in [-0.39, 0.29) is 0 Å². The minimum absolute atomic E-state index is 1.02. The van der Waals surface area contributed by atoms with Crippen LogP contribution in [0.4, 0.5) is 0 Å². The van der Waals surface area contributed by atoms with Gasteiger partial charge in [-0.05, 0) is 6.07 Å². The van der Waals surface area contributed by atoms with E-state index in [4.69, 9.17) is 4.42 Å². The molecule has 3 rings (SSSR count). The number of furan rings is 1. The SMILES string of the molecule is Bc1cc2oc3c(B)c(B)c(B)c(B)c3c2c(B)c1B. The van der Waals surface area contributed by atoms with E-state index in [2.05, 4.69) is 61.0 Å². The van der Waals surface area contributed by atoms with Crippen LogP contribution in [0.2, 0.25) is 0 Å². The minimum atomic E-state index is 1.02. The third-order valence-corrected chi connectivity index (χ3v) is 5.22. The average molecular weight is 251 g/mol. The first-order valence-electron chi connectivity index (χ1n) is 7.24. The van der Waals surface area contributed by atoms with Gasteiger partial charge in [-0.2, -0.15) is 0 Å². The molecule has 0 aliphatic rings. The van der Waals surface area contributed by atoms with Crippen LogP contribution in [0.25, 0.3) is 21.9 Å². The molecule has 0 fully saturated rings. The molecule has 1 nitrogen and oxygen atoms in total. The molecule has 0 spiro atoms. The van der Waals surface area contributed by atoms with Gasteiger partial charge >= 0.3 is 0 Å². The quantitative estimate of drug-likeness (QED) is 0.362. The molecule has 20 heavy (non-hydrogen) atoms. The van der Waals surface area contributed by atoms with Crippen molar-refractivity contribution in [3.05, 3.63) is 6.07 Å². The third-order valence-electron chi connectivity index (χ3n) is 5.22. The summed E-state index contributed by atoms with van der Waals surface area (Å²) in [5.41, 5.74) is 11.5. The average Bonchev–Trinajstić information content (AvgIpc) is 2.79. The standard InChI is InChI=1S/C12H15B7O/c13-2-1-3-4(7(15)6(2)14)5-8(16)9(17)10(18)11(19)12(5)20-3/h1H,13-19H2. The van der Waals surface area contributed by atoms with Gasteiger partial charge in [0.05, 0.1) is 0 Å². The van der Waals surface area contributed by atoms with E-state index >= 15 is 0 Å². The second-order valence-electron chi connectivity index (χ2n) is 6.12. The van der Waals surface area contributed by atoms with Crippen molar-refractivity contribution in [2.75, 3.05) is 0 Å². The highest BCUT2D eigenvalue weighted by Gasteiger charge is 2.17. The highest BCUT2D eigenvalue weighted by atomic mass is 16.3. The fourth-order valence-electron chi connectivity index (χ4n) is 3.25. The summed E-state index contributed by atoms with van der Waals surface area (Å²) in [4.78, 5) is 0. The van der Waals surface area contributed by atoms with Crippen LogP contribution in [0.3, 0.4) is 0 Å². The lowest BCUT2D eigenvalue weighted by Gasteiger charge is -2.12. The van der Waals surface area contributed by atoms with E-state index in [1.807, 2.05) is 0 Å². The van der Waals surface area contributed by atoms with Gasteiger partial charge in [0.25, 0.3) is 0 Å². The summed E-state index contributed by atoms with van der Waals surface area (Å²) >= 11 is 0. The van der Waals surface area contributed by atoms with Crippen molar-refractivity contribution in [2.24, 2.45) is 0 Å². The van der Waals surface area contributed by atoms with Gasteiger partial charge in [0, 0.05) is 10.8 Å². The zero-order chi connectivity index (χ0) is 14.8. The summed E-state index contributed by atoms with van der Waals surface area (Å²) in [6.45, 7) is 0. The molecule has 0 amide bonds. The molecule has 3 aromatic rings. The van der Waals surface area contributed by atoms with E-state index in [0.717, 1.165) is 11.2 Å². The second kappa shape index (κ2) is 4.34. The highest BCUT2D eigenvalue weighted by molar-refractivity contribution is 6.68. The largest absolute Gasteiger partial charge is 0.457 e. The number of hydrogen-bond donors (Lipinski definition) is 0. The van der Waals surface area contributed by atoms with Gasteiger partial charge < -0.3 is 4.42 Å². The highest BCUT2D eigenvalue weighted by Crippen LogP contribution is 2.22. The van der Waals surface area contributed by atoms with Crippen molar-refractivity contribution in [1.29, 1.82) is 0 Å². The first kappa shape index (κ1) is 13.7. The van der Waals surface area contributed by atoms with Gasteiger partial charge in [0.2, 0.25) is 0 Å². The Morgan fingerprint density at radius 3 is 1.80 bits per heavy atom. The van der Waals surface area contributed by atoms with Crippen LogP contribution in [0.1, 0.15) is 0 Å². The fraction of sp³-hybridized carbons (Fsp3) is 0. The molecule has 0 aliphatic heterocycles. The number of benzene rings is 2. The van der Waals surface area contributed by atoms with E-state index in [1.165, 1.54) is 49.0 Å². The van der Waals surface area contributed by atoms with Crippen LogP contribution in [-0.2, 0) is 0 Å². The van der Waals surface area contributed by atoms with Gasteiger partial charge in [0.1, 0.15) is 66.1 Å². The second-order valence-corrected chi connectivity index (χ2v) is 6.12. The summed E-state index contributed by atoms with van der Waals surface area (Å²) in [6.07, 6.45) is 0. The Balaban J connectivity index is 2.69. The van der Waals surface area contributed by atoms with Gasteiger partial charge in [-0.3, -0.25) is 0 Å². The summed E-state index contributed by atoms with van der Waals surface area (Å²) in [7, 11) is 15.4. The Kier molecular flexibility index (Phi) is 2.97. The van der Waals surface area contributed by atoms with Crippen molar-refractivity contribution in [1.82, 2.24) is 0 Å². The predicted octanol–water partition coefficient (Wildman–Crippen LogP) is -8.61. The Labute approximate surface area is 126 Å². The van der Waals surface area contributed by atoms with E-state index in [0.29, 0.717) is 0 Å². The molecule has 0 aliphatic carbocycles. The van der Waals surface area contributed by atoms with Crippen LogP contribution in [0, 0.1) is 0 Å². The van der Waals surface area contributed by atoms with Crippen LogP contribution in [0.15, 0.2) is 10.5 Å². The van der Waals surface area contributed by atoms with Crippen LogP contribution < -0.4 is 38.2 Å². The summed E-state index contributed by atoms with van der Waals surface area (Å²) in [5, 5.41) is 2.60. The van der Waals surface area contributed by atoms with Gasteiger partial charge in [-0.15, -0.1) is 10.9 Å². The molecule has 1 heterocycles. The van der Waals surface area contributed by atoms with E-state index in [1.54, 1.807) is 0 Å². The van der Waals surface area contributed by atoms with E-state index < -0.39 is 0 Å². The third kappa shape index (κ3) is 1.60. The lowest BCUT2D eigenvalue weighted by Crippen LogP contribution is -2.47. The first-order valence-corrected chi connectivity index (χ1v) is 7.24. The minimum Gasteiger partial charge on any atom is -0.457 e. The van der Waals surface area contributed by atoms with Crippen LogP contribution >= 0.6 is 0 Å².